The van der Waals surface area contributed by atoms with Crippen LogP contribution in [0.25, 0.3) is 0 Å². The highest BCUT2D eigenvalue weighted by molar-refractivity contribution is 7.71. The molecule has 0 spiro atoms. The summed E-state index contributed by atoms with van der Waals surface area (Å²) in [5, 5.41) is 18.7. The standard InChI is InChI=1S/C7H10N2O3S/c10-4-2-12-6(5(4)11)3-1-8-7(13)9-3/h1,4-6,10-11H,2H2,(H2,8,9,13)/t4-,5+,6-/m0/s1. The minimum atomic E-state index is -0.888. The zero-order chi connectivity index (χ0) is 9.42. The molecule has 0 saturated carbocycles. The summed E-state index contributed by atoms with van der Waals surface area (Å²) in [4.78, 5) is 5.60. The average Bonchev–Trinajstić information content (AvgIpc) is 2.62. The molecule has 13 heavy (non-hydrogen) atoms. The van der Waals surface area contributed by atoms with Gasteiger partial charge in [-0.1, -0.05) is 0 Å². The highest BCUT2D eigenvalue weighted by Gasteiger charge is 2.36. The first-order valence-electron chi connectivity index (χ1n) is 3.94. The molecular weight excluding hydrogens is 192 g/mol. The molecule has 1 aliphatic rings. The van der Waals surface area contributed by atoms with E-state index in [1.54, 1.807) is 6.20 Å². The number of H-pyrrole nitrogens is 2. The van der Waals surface area contributed by atoms with Crippen molar-refractivity contribution in [1.82, 2.24) is 9.97 Å². The zero-order valence-electron chi connectivity index (χ0n) is 6.73. The molecule has 0 bridgehead atoms. The summed E-state index contributed by atoms with van der Waals surface area (Å²) in [5.74, 6) is 0. The summed E-state index contributed by atoms with van der Waals surface area (Å²) >= 11 is 4.83. The summed E-state index contributed by atoms with van der Waals surface area (Å²) in [6, 6.07) is 0. The number of hydrogen-bond donors (Lipinski definition) is 4. The zero-order valence-corrected chi connectivity index (χ0v) is 7.54. The Kier molecular flexibility index (Phi) is 2.20. The van der Waals surface area contributed by atoms with Crippen LogP contribution in [0.3, 0.4) is 0 Å². The van der Waals surface area contributed by atoms with Crippen molar-refractivity contribution in [3.8, 4) is 0 Å². The Morgan fingerprint density at radius 3 is 2.77 bits per heavy atom. The van der Waals surface area contributed by atoms with Gasteiger partial charge in [0.2, 0.25) is 0 Å². The molecule has 1 aromatic rings. The number of rotatable bonds is 1. The molecule has 0 amide bonds. The molecule has 0 aliphatic carbocycles. The number of nitrogens with one attached hydrogen (secondary N) is 2. The van der Waals surface area contributed by atoms with Crippen molar-refractivity contribution < 1.29 is 14.9 Å². The van der Waals surface area contributed by atoms with Gasteiger partial charge in [-0.3, -0.25) is 0 Å². The Morgan fingerprint density at radius 1 is 1.54 bits per heavy atom. The molecule has 1 fully saturated rings. The molecule has 1 aromatic heterocycles. The Hall–Kier alpha value is -0.690. The van der Waals surface area contributed by atoms with E-state index in [0.717, 1.165) is 0 Å². The fourth-order valence-electron chi connectivity index (χ4n) is 1.37. The first kappa shape index (κ1) is 8.89. The molecule has 0 radical (unpaired) electrons. The Balaban J connectivity index is 2.23. The Bertz CT molecular complexity index is 348. The van der Waals surface area contributed by atoms with E-state index in [4.69, 9.17) is 17.0 Å². The van der Waals surface area contributed by atoms with Crippen LogP contribution in [0.5, 0.6) is 0 Å². The monoisotopic (exact) mass is 202 g/mol. The van der Waals surface area contributed by atoms with Gasteiger partial charge in [-0.15, -0.1) is 0 Å². The van der Waals surface area contributed by atoms with Crippen molar-refractivity contribution in [2.24, 2.45) is 0 Å². The summed E-state index contributed by atoms with van der Waals surface area (Å²) in [7, 11) is 0. The van der Waals surface area contributed by atoms with Crippen LogP contribution in [0.2, 0.25) is 0 Å². The third-order valence-electron chi connectivity index (χ3n) is 2.07. The molecule has 0 unspecified atom stereocenters. The van der Waals surface area contributed by atoms with Gasteiger partial charge in [0.15, 0.2) is 4.77 Å². The van der Waals surface area contributed by atoms with Crippen molar-refractivity contribution in [2.45, 2.75) is 18.3 Å². The van der Waals surface area contributed by atoms with Gasteiger partial charge >= 0.3 is 0 Å². The fourth-order valence-corrected chi connectivity index (χ4v) is 1.55. The third kappa shape index (κ3) is 1.53. The lowest BCUT2D eigenvalue weighted by molar-refractivity contribution is 0.0207. The minimum Gasteiger partial charge on any atom is -0.388 e. The molecule has 3 atom stereocenters. The van der Waals surface area contributed by atoms with Crippen LogP contribution in [0.4, 0.5) is 0 Å². The Morgan fingerprint density at radius 2 is 2.31 bits per heavy atom. The van der Waals surface area contributed by atoms with Gasteiger partial charge in [0.05, 0.1) is 12.3 Å². The number of aromatic amines is 2. The molecule has 72 valence electrons. The van der Waals surface area contributed by atoms with Gasteiger partial charge in [0.25, 0.3) is 0 Å². The maximum Gasteiger partial charge on any atom is 0.174 e. The van der Waals surface area contributed by atoms with E-state index >= 15 is 0 Å². The summed E-state index contributed by atoms with van der Waals surface area (Å²) in [6.07, 6.45) is -0.583. The fraction of sp³-hybridized carbons (Fsp3) is 0.571. The van der Waals surface area contributed by atoms with Crippen molar-refractivity contribution >= 4 is 12.2 Å². The quantitative estimate of drug-likeness (QED) is 0.478. The van der Waals surface area contributed by atoms with Gasteiger partial charge in [-0.05, 0) is 12.2 Å². The van der Waals surface area contributed by atoms with Crippen LogP contribution in [-0.2, 0) is 4.74 Å². The first-order valence-corrected chi connectivity index (χ1v) is 4.34. The van der Waals surface area contributed by atoms with E-state index in [1.165, 1.54) is 0 Å². The predicted molar refractivity (Wildman–Crippen MR) is 46.7 cm³/mol. The van der Waals surface area contributed by atoms with Gasteiger partial charge in [-0.2, -0.15) is 0 Å². The van der Waals surface area contributed by atoms with E-state index in [1.807, 2.05) is 0 Å². The lowest BCUT2D eigenvalue weighted by Gasteiger charge is -2.12. The highest BCUT2D eigenvalue weighted by atomic mass is 32.1. The molecule has 1 aliphatic heterocycles. The Labute approximate surface area is 79.4 Å². The average molecular weight is 202 g/mol. The minimum absolute atomic E-state index is 0.150. The van der Waals surface area contributed by atoms with Crippen LogP contribution in [-0.4, -0.2) is 39.0 Å². The summed E-state index contributed by atoms with van der Waals surface area (Å²) in [5.41, 5.74) is 0.661. The molecule has 0 aromatic carbocycles. The van der Waals surface area contributed by atoms with E-state index in [2.05, 4.69) is 9.97 Å². The number of aromatic nitrogens is 2. The van der Waals surface area contributed by atoms with Crippen molar-refractivity contribution in [1.29, 1.82) is 0 Å². The van der Waals surface area contributed by atoms with Crippen LogP contribution in [0.15, 0.2) is 6.20 Å². The van der Waals surface area contributed by atoms with Gasteiger partial charge in [0, 0.05) is 6.20 Å². The predicted octanol–water partition coefficient (Wildman–Crippen LogP) is -0.135. The lowest BCUT2D eigenvalue weighted by atomic mass is 10.1. The van der Waals surface area contributed by atoms with Crippen LogP contribution in [0.1, 0.15) is 11.8 Å². The van der Waals surface area contributed by atoms with Crippen LogP contribution >= 0.6 is 12.2 Å². The van der Waals surface area contributed by atoms with Crippen LogP contribution < -0.4 is 0 Å². The largest absolute Gasteiger partial charge is 0.388 e. The van der Waals surface area contributed by atoms with Gasteiger partial charge in [0.1, 0.15) is 18.3 Å². The van der Waals surface area contributed by atoms with Crippen molar-refractivity contribution in [3.63, 3.8) is 0 Å². The van der Waals surface area contributed by atoms with E-state index in [0.29, 0.717) is 10.5 Å². The molecule has 1 saturated heterocycles. The molecule has 2 heterocycles. The molecule has 2 rings (SSSR count). The lowest BCUT2D eigenvalue weighted by Crippen LogP contribution is -2.25. The normalized spacial score (nSPS) is 33.8. The van der Waals surface area contributed by atoms with Crippen LogP contribution in [0, 0.1) is 4.77 Å². The number of aliphatic hydroxyl groups is 2. The second kappa shape index (κ2) is 3.22. The van der Waals surface area contributed by atoms with Crippen molar-refractivity contribution in [2.75, 3.05) is 6.61 Å². The molecule has 5 nitrogen and oxygen atoms in total. The molecular formula is C7H10N2O3S. The van der Waals surface area contributed by atoms with E-state index in [9.17, 15) is 10.2 Å². The van der Waals surface area contributed by atoms with Gasteiger partial charge in [-0.25, -0.2) is 0 Å². The van der Waals surface area contributed by atoms with Gasteiger partial charge < -0.3 is 24.9 Å². The highest BCUT2D eigenvalue weighted by Crippen LogP contribution is 2.27. The van der Waals surface area contributed by atoms with E-state index < -0.39 is 18.3 Å². The maximum absolute atomic E-state index is 9.48. The summed E-state index contributed by atoms with van der Waals surface area (Å²) < 4.78 is 5.66. The number of imidazole rings is 1. The second-order valence-corrected chi connectivity index (χ2v) is 3.42. The summed E-state index contributed by atoms with van der Waals surface area (Å²) in [6.45, 7) is 0.150. The van der Waals surface area contributed by atoms with Crippen molar-refractivity contribution in [3.05, 3.63) is 16.7 Å². The second-order valence-electron chi connectivity index (χ2n) is 3.01. The SMILES string of the molecule is O[C@@H]1[C@@H](O)CO[C@H]1c1c[nH]c(=S)[nH]1. The maximum atomic E-state index is 9.48. The number of ether oxygens (including phenoxy) is 1. The third-order valence-corrected chi connectivity index (χ3v) is 2.29. The first-order chi connectivity index (χ1) is 6.18. The molecule has 6 heteroatoms. The topological polar surface area (TPSA) is 81.3 Å². The number of aliphatic hydroxyl groups excluding tert-OH is 2. The smallest absolute Gasteiger partial charge is 0.174 e. The number of hydrogen-bond acceptors (Lipinski definition) is 4. The molecule has 4 N–H and O–H groups in total. The van der Waals surface area contributed by atoms with E-state index in [-0.39, 0.29) is 6.61 Å².